The Morgan fingerprint density at radius 1 is 1.09 bits per heavy atom. The molecule has 1 saturated heterocycles. The lowest BCUT2D eigenvalue weighted by Crippen LogP contribution is -2.39. The molecule has 1 unspecified atom stereocenters. The van der Waals surface area contributed by atoms with Crippen LogP contribution < -0.4 is 10.2 Å². The minimum absolute atomic E-state index is 0.0189. The van der Waals surface area contributed by atoms with Gasteiger partial charge in [-0.2, -0.15) is 4.31 Å². The second-order valence-electron chi connectivity index (χ2n) is 8.81. The van der Waals surface area contributed by atoms with Gasteiger partial charge in [-0.15, -0.1) is 11.8 Å². The maximum Gasteiger partial charge on any atom is 0.244 e. The number of piperidine rings is 1. The molecule has 0 spiro atoms. The summed E-state index contributed by atoms with van der Waals surface area (Å²) in [6, 6.07) is 12.5. The lowest BCUT2D eigenvalue weighted by atomic mass is 10.1. The van der Waals surface area contributed by atoms with E-state index >= 15 is 0 Å². The summed E-state index contributed by atoms with van der Waals surface area (Å²) >= 11 is 1.53. The Hall–Kier alpha value is -2.36. The van der Waals surface area contributed by atoms with Gasteiger partial charge in [0.25, 0.3) is 0 Å². The van der Waals surface area contributed by atoms with Gasteiger partial charge in [0.05, 0.1) is 10.6 Å². The second-order valence-corrected chi connectivity index (χ2v) is 12.2. The van der Waals surface area contributed by atoms with E-state index in [9.17, 15) is 18.0 Å². The van der Waals surface area contributed by atoms with Crippen LogP contribution >= 0.6 is 11.8 Å². The Morgan fingerprint density at radius 2 is 1.79 bits per heavy atom. The number of benzene rings is 2. The lowest BCUT2D eigenvalue weighted by molar-refractivity contribution is -0.121. The van der Waals surface area contributed by atoms with Gasteiger partial charge in [0, 0.05) is 35.3 Å². The summed E-state index contributed by atoms with van der Waals surface area (Å²) < 4.78 is 28.0. The Bertz CT molecular complexity index is 1160. The number of nitrogens with zero attached hydrogens (tertiary/aromatic N) is 2. The van der Waals surface area contributed by atoms with Crippen molar-refractivity contribution in [1.82, 2.24) is 4.31 Å². The first kappa shape index (κ1) is 24.8. The Labute approximate surface area is 205 Å². The van der Waals surface area contributed by atoms with Crippen molar-refractivity contribution in [2.45, 2.75) is 61.0 Å². The summed E-state index contributed by atoms with van der Waals surface area (Å²) in [5.74, 6) is -0.518. The number of anilines is 2. The fourth-order valence-electron chi connectivity index (χ4n) is 4.31. The standard InChI is InChI=1S/C25H31N3O4S2/c1-3-19-7-9-20(10-8-19)26-24(29)17-28-22-16-21(34(31,32)27-13-5-4-6-14-27)11-12-23(22)33-18(2)15-25(28)30/h7-12,16,18H,3-6,13-15,17H2,1-2H3,(H,26,29). The van der Waals surface area contributed by atoms with E-state index in [0.29, 0.717) is 24.5 Å². The average Bonchev–Trinajstić information content (AvgIpc) is 2.94. The third-order valence-corrected chi connectivity index (χ3v) is 9.28. The molecule has 34 heavy (non-hydrogen) atoms. The highest BCUT2D eigenvalue weighted by molar-refractivity contribution is 8.00. The van der Waals surface area contributed by atoms with E-state index in [-0.39, 0.29) is 34.9 Å². The number of hydrogen-bond acceptors (Lipinski definition) is 5. The molecular weight excluding hydrogens is 470 g/mol. The summed E-state index contributed by atoms with van der Waals surface area (Å²) in [7, 11) is -3.66. The van der Waals surface area contributed by atoms with E-state index in [1.807, 2.05) is 31.2 Å². The normalized spacial score (nSPS) is 19.4. The number of thioether (sulfide) groups is 1. The largest absolute Gasteiger partial charge is 0.325 e. The topological polar surface area (TPSA) is 86.8 Å². The number of amides is 2. The Balaban J connectivity index is 1.61. The van der Waals surface area contributed by atoms with Crippen LogP contribution in [0, 0.1) is 0 Å². The van der Waals surface area contributed by atoms with Crippen LogP contribution in [0.4, 0.5) is 11.4 Å². The molecule has 2 heterocycles. The molecule has 7 nitrogen and oxygen atoms in total. The van der Waals surface area contributed by atoms with E-state index in [1.165, 1.54) is 26.5 Å². The fourth-order valence-corrected chi connectivity index (χ4v) is 6.95. The summed E-state index contributed by atoms with van der Waals surface area (Å²) in [6.45, 7) is 4.86. The van der Waals surface area contributed by atoms with Crippen LogP contribution in [0.2, 0.25) is 0 Å². The number of nitrogens with one attached hydrogen (secondary N) is 1. The zero-order valence-corrected chi connectivity index (χ0v) is 21.3. The first-order valence-electron chi connectivity index (χ1n) is 11.8. The van der Waals surface area contributed by atoms with E-state index in [1.54, 1.807) is 18.2 Å². The zero-order valence-electron chi connectivity index (χ0n) is 19.6. The summed E-state index contributed by atoms with van der Waals surface area (Å²) in [6.07, 6.45) is 3.91. The minimum atomic E-state index is -3.66. The van der Waals surface area contributed by atoms with Crippen molar-refractivity contribution in [3.8, 4) is 0 Å². The molecule has 1 fully saturated rings. The van der Waals surface area contributed by atoms with Crippen LogP contribution in [-0.4, -0.2) is 49.4 Å². The zero-order chi connectivity index (χ0) is 24.3. The molecule has 1 N–H and O–H groups in total. The van der Waals surface area contributed by atoms with Crippen molar-refractivity contribution in [1.29, 1.82) is 0 Å². The molecule has 0 saturated carbocycles. The summed E-state index contributed by atoms with van der Waals surface area (Å²) in [5, 5.41) is 2.87. The molecule has 2 aromatic rings. The highest BCUT2D eigenvalue weighted by Gasteiger charge is 2.31. The minimum Gasteiger partial charge on any atom is -0.325 e. The SMILES string of the molecule is CCc1ccc(NC(=O)CN2C(=O)CC(C)Sc3ccc(S(=O)(=O)N4CCCCC4)cc32)cc1. The quantitative estimate of drug-likeness (QED) is 0.639. The van der Waals surface area contributed by atoms with E-state index < -0.39 is 10.0 Å². The van der Waals surface area contributed by atoms with Gasteiger partial charge >= 0.3 is 0 Å². The maximum absolute atomic E-state index is 13.3. The van der Waals surface area contributed by atoms with Gasteiger partial charge in [-0.1, -0.05) is 32.4 Å². The molecule has 2 aromatic carbocycles. The van der Waals surface area contributed by atoms with Crippen LogP contribution in [0.3, 0.4) is 0 Å². The van der Waals surface area contributed by atoms with Crippen molar-refractivity contribution >= 4 is 45.0 Å². The van der Waals surface area contributed by atoms with E-state index in [0.717, 1.165) is 30.6 Å². The van der Waals surface area contributed by atoms with Crippen LogP contribution in [0.1, 0.15) is 45.1 Å². The molecule has 182 valence electrons. The number of carbonyl (C=O) groups is 2. The summed E-state index contributed by atoms with van der Waals surface area (Å²) in [4.78, 5) is 28.4. The number of aryl methyl sites for hydroxylation is 1. The predicted octanol–water partition coefficient (Wildman–Crippen LogP) is 4.28. The predicted molar refractivity (Wildman–Crippen MR) is 136 cm³/mol. The van der Waals surface area contributed by atoms with Gasteiger partial charge < -0.3 is 10.2 Å². The monoisotopic (exact) mass is 501 g/mol. The molecule has 1 atom stereocenters. The highest BCUT2D eigenvalue weighted by Crippen LogP contribution is 2.39. The van der Waals surface area contributed by atoms with Gasteiger partial charge in [0.2, 0.25) is 21.8 Å². The van der Waals surface area contributed by atoms with Crippen molar-refractivity contribution in [2.24, 2.45) is 0 Å². The molecule has 9 heteroatoms. The van der Waals surface area contributed by atoms with Gasteiger partial charge in [0.15, 0.2) is 0 Å². The van der Waals surface area contributed by atoms with Crippen LogP contribution in [0.15, 0.2) is 52.3 Å². The Morgan fingerprint density at radius 3 is 2.47 bits per heavy atom. The molecule has 2 aliphatic rings. The maximum atomic E-state index is 13.3. The molecule has 0 radical (unpaired) electrons. The number of carbonyl (C=O) groups excluding carboxylic acids is 2. The van der Waals surface area contributed by atoms with Gasteiger partial charge in [-0.3, -0.25) is 9.59 Å². The van der Waals surface area contributed by atoms with Crippen LogP contribution in [0.25, 0.3) is 0 Å². The number of fused-ring (bicyclic) bond motifs is 1. The molecule has 0 aliphatic carbocycles. The molecule has 4 rings (SSSR count). The number of rotatable bonds is 6. The number of hydrogen-bond donors (Lipinski definition) is 1. The molecule has 0 aromatic heterocycles. The third-order valence-electron chi connectivity index (χ3n) is 6.21. The van der Waals surface area contributed by atoms with Gasteiger partial charge in [0.1, 0.15) is 6.54 Å². The first-order valence-corrected chi connectivity index (χ1v) is 14.1. The summed E-state index contributed by atoms with van der Waals surface area (Å²) in [5.41, 5.74) is 2.31. The average molecular weight is 502 g/mol. The van der Waals surface area contributed by atoms with Crippen molar-refractivity contribution in [3.63, 3.8) is 0 Å². The molecular formula is C25H31N3O4S2. The van der Waals surface area contributed by atoms with Crippen LogP contribution in [-0.2, 0) is 26.0 Å². The van der Waals surface area contributed by atoms with E-state index in [4.69, 9.17) is 0 Å². The Kier molecular flexibility index (Phi) is 7.64. The lowest BCUT2D eigenvalue weighted by Gasteiger charge is -2.27. The third kappa shape index (κ3) is 5.47. The van der Waals surface area contributed by atoms with Gasteiger partial charge in [-0.25, -0.2) is 8.42 Å². The molecule has 2 aliphatic heterocycles. The van der Waals surface area contributed by atoms with Gasteiger partial charge in [-0.05, 0) is 55.2 Å². The van der Waals surface area contributed by atoms with Crippen LogP contribution in [0.5, 0.6) is 0 Å². The van der Waals surface area contributed by atoms with Crippen molar-refractivity contribution in [2.75, 3.05) is 29.9 Å². The second kappa shape index (κ2) is 10.5. The van der Waals surface area contributed by atoms with E-state index in [2.05, 4.69) is 12.2 Å². The highest BCUT2D eigenvalue weighted by atomic mass is 32.2. The molecule has 0 bridgehead atoms. The first-order chi connectivity index (χ1) is 16.3. The molecule has 2 amide bonds. The smallest absolute Gasteiger partial charge is 0.244 e. The van der Waals surface area contributed by atoms with Crippen molar-refractivity contribution < 1.29 is 18.0 Å². The van der Waals surface area contributed by atoms with Crippen molar-refractivity contribution in [3.05, 3.63) is 48.0 Å². The fraction of sp³-hybridized carbons (Fsp3) is 0.440. The number of sulfonamides is 1.